The van der Waals surface area contributed by atoms with Crippen LogP contribution in [0.3, 0.4) is 0 Å². The first-order chi connectivity index (χ1) is 6.33. The SMILES string of the molecule is COC(=O)/C=C/NC1CCCOC1. The van der Waals surface area contributed by atoms with Crippen molar-refractivity contribution >= 4 is 5.97 Å². The minimum absolute atomic E-state index is 0.328. The van der Waals surface area contributed by atoms with E-state index in [0.717, 1.165) is 19.4 Å². The van der Waals surface area contributed by atoms with Gasteiger partial charge < -0.3 is 14.8 Å². The Morgan fingerprint density at radius 2 is 2.54 bits per heavy atom. The Bertz CT molecular complexity index is 185. The molecule has 0 saturated carbocycles. The second kappa shape index (κ2) is 5.59. The highest BCUT2D eigenvalue weighted by molar-refractivity contribution is 5.81. The number of carbonyl (C=O) groups excluding carboxylic acids is 1. The van der Waals surface area contributed by atoms with Crippen LogP contribution in [0, 0.1) is 0 Å². The molecule has 1 N–H and O–H groups in total. The summed E-state index contributed by atoms with van der Waals surface area (Å²) in [7, 11) is 1.36. The molecule has 1 heterocycles. The molecule has 1 saturated heterocycles. The van der Waals surface area contributed by atoms with Crippen LogP contribution in [0.15, 0.2) is 12.3 Å². The summed E-state index contributed by atoms with van der Waals surface area (Å²) in [6.45, 7) is 1.56. The molecule has 1 fully saturated rings. The highest BCUT2D eigenvalue weighted by Gasteiger charge is 2.10. The smallest absolute Gasteiger partial charge is 0.331 e. The topological polar surface area (TPSA) is 47.6 Å². The summed E-state index contributed by atoms with van der Waals surface area (Å²) in [4.78, 5) is 10.7. The maximum atomic E-state index is 10.7. The summed E-state index contributed by atoms with van der Waals surface area (Å²) in [5.41, 5.74) is 0. The van der Waals surface area contributed by atoms with E-state index in [1.54, 1.807) is 6.20 Å². The third-order valence-corrected chi connectivity index (χ3v) is 1.91. The summed E-state index contributed by atoms with van der Waals surface area (Å²) < 4.78 is 9.70. The molecule has 4 nitrogen and oxygen atoms in total. The maximum Gasteiger partial charge on any atom is 0.331 e. The lowest BCUT2D eigenvalue weighted by molar-refractivity contribution is -0.134. The molecule has 0 aromatic rings. The van der Waals surface area contributed by atoms with Gasteiger partial charge in [0.1, 0.15) is 0 Å². The normalized spacial score (nSPS) is 23.0. The highest BCUT2D eigenvalue weighted by atomic mass is 16.5. The molecule has 1 aliphatic rings. The van der Waals surface area contributed by atoms with Crippen molar-refractivity contribution in [3.63, 3.8) is 0 Å². The fourth-order valence-corrected chi connectivity index (χ4v) is 1.19. The van der Waals surface area contributed by atoms with Crippen LogP contribution in [0.2, 0.25) is 0 Å². The van der Waals surface area contributed by atoms with E-state index in [-0.39, 0.29) is 5.97 Å². The van der Waals surface area contributed by atoms with E-state index in [1.165, 1.54) is 13.2 Å². The number of carbonyl (C=O) groups is 1. The Kier molecular flexibility index (Phi) is 4.32. The van der Waals surface area contributed by atoms with Gasteiger partial charge in [-0.1, -0.05) is 0 Å². The predicted octanol–water partition coefficient (Wildman–Crippen LogP) is 0.442. The van der Waals surface area contributed by atoms with E-state index >= 15 is 0 Å². The van der Waals surface area contributed by atoms with Crippen LogP contribution >= 0.6 is 0 Å². The number of esters is 1. The molecule has 1 rings (SSSR count). The van der Waals surface area contributed by atoms with E-state index in [4.69, 9.17) is 4.74 Å². The van der Waals surface area contributed by atoms with Gasteiger partial charge in [0.25, 0.3) is 0 Å². The number of hydrogen-bond donors (Lipinski definition) is 1. The van der Waals surface area contributed by atoms with Gasteiger partial charge in [-0.25, -0.2) is 4.79 Å². The summed E-state index contributed by atoms with van der Waals surface area (Å²) in [6, 6.07) is 0.328. The first-order valence-corrected chi connectivity index (χ1v) is 4.41. The molecular formula is C9H15NO3. The quantitative estimate of drug-likeness (QED) is 0.512. The summed E-state index contributed by atoms with van der Waals surface area (Å²) >= 11 is 0. The minimum atomic E-state index is -0.343. The molecular weight excluding hydrogens is 170 g/mol. The average Bonchev–Trinajstić information content (AvgIpc) is 2.19. The van der Waals surface area contributed by atoms with Crippen LogP contribution in [0.5, 0.6) is 0 Å². The molecule has 1 unspecified atom stereocenters. The molecule has 13 heavy (non-hydrogen) atoms. The summed E-state index contributed by atoms with van der Waals surface area (Å²) in [5.74, 6) is -0.343. The Balaban J connectivity index is 2.16. The van der Waals surface area contributed by atoms with Gasteiger partial charge in [-0.15, -0.1) is 0 Å². The zero-order chi connectivity index (χ0) is 9.52. The molecule has 0 aromatic heterocycles. The van der Waals surface area contributed by atoms with Crippen LogP contribution in [0.4, 0.5) is 0 Å². The predicted molar refractivity (Wildman–Crippen MR) is 48.1 cm³/mol. The molecule has 74 valence electrons. The van der Waals surface area contributed by atoms with E-state index in [2.05, 4.69) is 10.1 Å². The first kappa shape index (κ1) is 10.1. The van der Waals surface area contributed by atoms with Crippen molar-refractivity contribution in [1.82, 2.24) is 5.32 Å². The first-order valence-electron chi connectivity index (χ1n) is 4.41. The second-order valence-corrected chi connectivity index (χ2v) is 2.94. The van der Waals surface area contributed by atoms with Crippen LogP contribution in [0.25, 0.3) is 0 Å². The van der Waals surface area contributed by atoms with Gasteiger partial charge in [-0.2, -0.15) is 0 Å². The molecule has 1 aliphatic heterocycles. The lowest BCUT2D eigenvalue weighted by Gasteiger charge is -2.21. The van der Waals surface area contributed by atoms with Crippen molar-refractivity contribution < 1.29 is 14.3 Å². The van der Waals surface area contributed by atoms with Crippen molar-refractivity contribution in [3.05, 3.63) is 12.3 Å². The van der Waals surface area contributed by atoms with Crippen molar-refractivity contribution in [2.24, 2.45) is 0 Å². The van der Waals surface area contributed by atoms with E-state index < -0.39 is 0 Å². The van der Waals surface area contributed by atoms with E-state index in [1.807, 2.05) is 0 Å². The monoisotopic (exact) mass is 185 g/mol. The summed E-state index contributed by atoms with van der Waals surface area (Å²) in [5, 5.41) is 3.08. The molecule has 0 radical (unpaired) electrons. The number of nitrogens with one attached hydrogen (secondary N) is 1. The molecule has 0 aromatic carbocycles. The fourth-order valence-electron chi connectivity index (χ4n) is 1.19. The van der Waals surface area contributed by atoms with Crippen LogP contribution < -0.4 is 5.32 Å². The fraction of sp³-hybridized carbons (Fsp3) is 0.667. The van der Waals surface area contributed by atoms with E-state index in [9.17, 15) is 4.79 Å². The molecule has 0 amide bonds. The lowest BCUT2D eigenvalue weighted by atomic mass is 10.1. The lowest BCUT2D eigenvalue weighted by Crippen LogP contribution is -2.33. The molecule has 0 spiro atoms. The van der Waals surface area contributed by atoms with Crippen molar-refractivity contribution in [2.75, 3.05) is 20.3 Å². The zero-order valence-electron chi connectivity index (χ0n) is 7.79. The van der Waals surface area contributed by atoms with Crippen molar-refractivity contribution in [1.29, 1.82) is 0 Å². The molecule has 0 bridgehead atoms. The van der Waals surface area contributed by atoms with Crippen LogP contribution in [-0.4, -0.2) is 32.3 Å². The van der Waals surface area contributed by atoms with Crippen molar-refractivity contribution in [2.45, 2.75) is 18.9 Å². The third kappa shape index (κ3) is 3.94. The number of hydrogen-bond acceptors (Lipinski definition) is 4. The number of ether oxygens (including phenoxy) is 2. The van der Waals surface area contributed by atoms with Gasteiger partial charge >= 0.3 is 5.97 Å². The van der Waals surface area contributed by atoms with Gasteiger partial charge in [0.15, 0.2) is 0 Å². The Hall–Kier alpha value is -1.03. The van der Waals surface area contributed by atoms with Gasteiger partial charge in [-0.3, -0.25) is 0 Å². The van der Waals surface area contributed by atoms with Crippen LogP contribution in [-0.2, 0) is 14.3 Å². The van der Waals surface area contributed by atoms with Gasteiger partial charge in [0.2, 0.25) is 0 Å². The Morgan fingerprint density at radius 1 is 1.69 bits per heavy atom. The largest absolute Gasteiger partial charge is 0.466 e. The highest BCUT2D eigenvalue weighted by Crippen LogP contribution is 2.05. The van der Waals surface area contributed by atoms with Gasteiger partial charge in [-0.05, 0) is 12.8 Å². The second-order valence-electron chi connectivity index (χ2n) is 2.94. The number of rotatable bonds is 3. The third-order valence-electron chi connectivity index (χ3n) is 1.91. The average molecular weight is 185 g/mol. The number of methoxy groups -OCH3 is 1. The van der Waals surface area contributed by atoms with Gasteiger partial charge in [0.05, 0.1) is 13.7 Å². The molecule has 4 heteroatoms. The van der Waals surface area contributed by atoms with Gasteiger partial charge in [0, 0.05) is 24.9 Å². The molecule has 1 atom stereocenters. The van der Waals surface area contributed by atoms with Crippen LogP contribution in [0.1, 0.15) is 12.8 Å². The maximum absolute atomic E-state index is 10.7. The zero-order valence-corrected chi connectivity index (χ0v) is 7.79. The minimum Gasteiger partial charge on any atom is -0.466 e. The standard InChI is InChI=1S/C9H15NO3/c1-12-9(11)4-5-10-8-3-2-6-13-7-8/h4-5,8,10H,2-3,6-7H2,1H3/b5-4+. The Labute approximate surface area is 77.9 Å². The molecule has 0 aliphatic carbocycles. The van der Waals surface area contributed by atoms with Crippen molar-refractivity contribution in [3.8, 4) is 0 Å². The van der Waals surface area contributed by atoms with E-state index in [0.29, 0.717) is 12.6 Å². The summed E-state index contributed by atoms with van der Waals surface area (Å²) in [6.07, 6.45) is 5.15. The Morgan fingerprint density at radius 3 is 3.15 bits per heavy atom.